The summed E-state index contributed by atoms with van der Waals surface area (Å²) in [5, 5.41) is 0. The highest BCUT2D eigenvalue weighted by Gasteiger charge is 2.51. The fourth-order valence-corrected chi connectivity index (χ4v) is 5.16. The van der Waals surface area contributed by atoms with Crippen molar-refractivity contribution in [3.8, 4) is 0 Å². The smallest absolute Gasteiger partial charge is 0.230 e. The first-order valence-corrected chi connectivity index (χ1v) is 10.5. The second-order valence-electron chi connectivity index (χ2n) is 8.47. The molecule has 1 aromatic heterocycles. The predicted octanol–water partition coefficient (Wildman–Crippen LogP) is 2.82. The molecular weight excluding hydrogens is 340 g/mol. The van der Waals surface area contributed by atoms with Crippen LogP contribution >= 0.6 is 0 Å². The summed E-state index contributed by atoms with van der Waals surface area (Å²) in [4.78, 5) is 27.0. The molecule has 1 aliphatic carbocycles. The highest BCUT2D eigenvalue weighted by Crippen LogP contribution is 2.43. The first-order chi connectivity index (χ1) is 13.1. The Balaban J connectivity index is 1.44. The molecule has 2 saturated heterocycles. The summed E-state index contributed by atoms with van der Waals surface area (Å²) in [7, 11) is 1.80. The van der Waals surface area contributed by atoms with Gasteiger partial charge in [0.15, 0.2) is 0 Å². The summed E-state index contributed by atoms with van der Waals surface area (Å²) >= 11 is 0. The minimum atomic E-state index is -0.233. The van der Waals surface area contributed by atoms with Crippen LogP contribution in [-0.2, 0) is 16.0 Å². The Bertz CT molecular complexity index is 657. The van der Waals surface area contributed by atoms with Crippen molar-refractivity contribution in [2.24, 2.45) is 5.41 Å². The monoisotopic (exact) mass is 372 g/mol. The molecule has 6 heteroatoms. The third-order valence-corrected chi connectivity index (χ3v) is 6.92. The number of rotatable bonds is 4. The van der Waals surface area contributed by atoms with Crippen molar-refractivity contribution in [3.63, 3.8) is 0 Å². The van der Waals surface area contributed by atoms with Gasteiger partial charge in [0.1, 0.15) is 0 Å². The number of methoxy groups -OCH3 is 1. The highest BCUT2D eigenvalue weighted by molar-refractivity contribution is 5.86. The van der Waals surface area contributed by atoms with Crippen LogP contribution in [0.25, 0.3) is 0 Å². The number of carbonyl (C=O) groups is 1. The zero-order chi connectivity index (χ0) is 18.9. The van der Waals surface area contributed by atoms with Gasteiger partial charge in [0.05, 0.1) is 11.5 Å². The summed E-state index contributed by atoms with van der Waals surface area (Å²) in [5.74, 6) is 1.15. The molecule has 0 radical (unpaired) electrons. The van der Waals surface area contributed by atoms with Crippen LogP contribution in [0, 0.1) is 5.41 Å². The Kier molecular flexibility index (Phi) is 5.35. The van der Waals surface area contributed by atoms with E-state index in [1.165, 1.54) is 0 Å². The van der Waals surface area contributed by atoms with E-state index in [-0.39, 0.29) is 5.41 Å². The van der Waals surface area contributed by atoms with Gasteiger partial charge in [-0.3, -0.25) is 4.79 Å². The summed E-state index contributed by atoms with van der Waals surface area (Å²) in [5.41, 5.74) is 0.920. The minimum absolute atomic E-state index is 0.233. The van der Waals surface area contributed by atoms with Crippen LogP contribution < -0.4 is 4.90 Å². The van der Waals surface area contributed by atoms with E-state index in [1.54, 1.807) is 7.11 Å². The lowest BCUT2D eigenvalue weighted by molar-refractivity contribution is -0.139. The third kappa shape index (κ3) is 3.56. The van der Waals surface area contributed by atoms with Crippen molar-refractivity contribution >= 4 is 11.9 Å². The molecule has 1 saturated carbocycles. The lowest BCUT2D eigenvalue weighted by atomic mass is 9.78. The number of piperidine rings is 1. The van der Waals surface area contributed by atoms with Crippen LogP contribution in [-0.4, -0.2) is 59.7 Å². The second kappa shape index (κ2) is 7.74. The maximum atomic E-state index is 13.4. The van der Waals surface area contributed by atoms with Gasteiger partial charge in [-0.15, -0.1) is 0 Å². The molecule has 0 N–H and O–H groups in total. The van der Waals surface area contributed by atoms with Crippen LogP contribution in [0.15, 0.2) is 12.4 Å². The standard InChI is InChI=1S/C21H32N4O2/c1-3-16-13-22-20(23-14-16)24-11-4-9-21(15-24)10-12-25(19(21)26)17-5-7-18(27-2)8-6-17/h13-14,17-18H,3-12,15H2,1-2H3/t17-,18-,21-/m1/s1. The molecule has 148 valence electrons. The van der Waals surface area contributed by atoms with Gasteiger partial charge in [-0.05, 0) is 56.9 Å². The van der Waals surface area contributed by atoms with Crippen molar-refractivity contribution in [3.05, 3.63) is 18.0 Å². The molecule has 1 aromatic rings. The molecular formula is C21H32N4O2. The fraction of sp³-hybridized carbons (Fsp3) is 0.762. The predicted molar refractivity (Wildman–Crippen MR) is 105 cm³/mol. The minimum Gasteiger partial charge on any atom is -0.381 e. The molecule has 3 fully saturated rings. The van der Waals surface area contributed by atoms with E-state index in [9.17, 15) is 4.79 Å². The fourth-order valence-electron chi connectivity index (χ4n) is 5.16. The van der Waals surface area contributed by atoms with Gasteiger partial charge in [0.25, 0.3) is 0 Å². The molecule has 0 aromatic carbocycles. The van der Waals surface area contributed by atoms with Gasteiger partial charge < -0.3 is 14.5 Å². The topological polar surface area (TPSA) is 58.6 Å². The van der Waals surface area contributed by atoms with E-state index in [0.29, 0.717) is 18.1 Å². The summed E-state index contributed by atoms with van der Waals surface area (Å²) < 4.78 is 5.49. The van der Waals surface area contributed by atoms with Crippen molar-refractivity contribution in [2.75, 3.05) is 31.6 Å². The Morgan fingerprint density at radius 2 is 1.89 bits per heavy atom. The van der Waals surface area contributed by atoms with Crippen LogP contribution in [0.2, 0.25) is 0 Å². The van der Waals surface area contributed by atoms with Gasteiger partial charge in [0.2, 0.25) is 11.9 Å². The number of aryl methyl sites for hydroxylation is 1. The molecule has 0 bridgehead atoms. The Morgan fingerprint density at radius 3 is 2.56 bits per heavy atom. The van der Waals surface area contributed by atoms with Crippen LogP contribution in [0.4, 0.5) is 5.95 Å². The van der Waals surface area contributed by atoms with Crippen LogP contribution in [0.5, 0.6) is 0 Å². The Hall–Kier alpha value is -1.69. The summed E-state index contributed by atoms with van der Waals surface area (Å²) in [6.07, 6.45) is 12.5. The number of aromatic nitrogens is 2. The van der Waals surface area contributed by atoms with E-state index < -0.39 is 0 Å². The molecule has 1 amide bonds. The molecule has 1 spiro atoms. The second-order valence-corrected chi connectivity index (χ2v) is 8.47. The molecule has 2 aliphatic heterocycles. The van der Waals surface area contributed by atoms with E-state index in [2.05, 4.69) is 26.7 Å². The normalized spacial score (nSPS) is 31.7. The van der Waals surface area contributed by atoms with Gasteiger partial charge in [-0.25, -0.2) is 9.97 Å². The number of hydrogen-bond donors (Lipinski definition) is 0. The number of amides is 1. The van der Waals surface area contributed by atoms with Crippen molar-refractivity contribution in [2.45, 2.75) is 70.4 Å². The van der Waals surface area contributed by atoms with Gasteiger partial charge >= 0.3 is 0 Å². The zero-order valence-electron chi connectivity index (χ0n) is 16.7. The first kappa shape index (κ1) is 18.7. The molecule has 6 nitrogen and oxygen atoms in total. The van der Waals surface area contributed by atoms with Gasteiger partial charge in [-0.1, -0.05) is 6.92 Å². The first-order valence-electron chi connectivity index (χ1n) is 10.5. The van der Waals surface area contributed by atoms with E-state index in [0.717, 1.165) is 82.5 Å². The molecule has 4 rings (SSSR count). The molecule has 0 unspecified atom stereocenters. The lowest BCUT2D eigenvalue weighted by Gasteiger charge is -2.40. The molecule has 3 aliphatic rings. The van der Waals surface area contributed by atoms with Crippen molar-refractivity contribution in [1.29, 1.82) is 0 Å². The molecule has 3 heterocycles. The number of anilines is 1. The molecule has 27 heavy (non-hydrogen) atoms. The number of carbonyl (C=O) groups excluding carboxylic acids is 1. The maximum Gasteiger partial charge on any atom is 0.230 e. The maximum absolute atomic E-state index is 13.4. The lowest BCUT2D eigenvalue weighted by Crippen LogP contribution is -2.50. The summed E-state index contributed by atoms with van der Waals surface area (Å²) in [6, 6.07) is 0.402. The van der Waals surface area contributed by atoms with E-state index in [1.807, 2.05) is 12.4 Å². The quantitative estimate of drug-likeness (QED) is 0.813. The number of nitrogens with zero attached hydrogens (tertiary/aromatic N) is 4. The van der Waals surface area contributed by atoms with Crippen molar-refractivity contribution in [1.82, 2.24) is 14.9 Å². The third-order valence-electron chi connectivity index (χ3n) is 6.92. The largest absolute Gasteiger partial charge is 0.381 e. The number of ether oxygens (including phenoxy) is 1. The van der Waals surface area contributed by atoms with Gasteiger partial charge in [-0.2, -0.15) is 0 Å². The van der Waals surface area contributed by atoms with E-state index >= 15 is 0 Å². The Labute approximate surface area is 162 Å². The number of likely N-dealkylation sites (tertiary alicyclic amines) is 1. The highest BCUT2D eigenvalue weighted by atomic mass is 16.5. The van der Waals surface area contributed by atoms with Crippen LogP contribution in [0.3, 0.4) is 0 Å². The SMILES string of the molecule is CCc1cnc(N2CCC[C@@]3(CCN([C@H]4CC[C@H](OC)CC4)C3=O)C2)nc1. The average Bonchev–Trinajstić information content (AvgIpc) is 3.04. The van der Waals surface area contributed by atoms with Crippen molar-refractivity contribution < 1.29 is 9.53 Å². The van der Waals surface area contributed by atoms with E-state index in [4.69, 9.17) is 4.74 Å². The molecule has 1 atom stereocenters. The zero-order valence-corrected chi connectivity index (χ0v) is 16.7. The Morgan fingerprint density at radius 1 is 1.15 bits per heavy atom. The average molecular weight is 373 g/mol. The number of hydrogen-bond acceptors (Lipinski definition) is 5. The van der Waals surface area contributed by atoms with Crippen LogP contribution in [0.1, 0.15) is 57.4 Å². The van der Waals surface area contributed by atoms with Gasteiger partial charge in [0, 0.05) is 45.2 Å². The summed E-state index contributed by atoms with van der Waals surface area (Å²) in [6.45, 7) is 4.73.